The van der Waals surface area contributed by atoms with Crippen molar-refractivity contribution in [2.24, 2.45) is 0 Å². The van der Waals surface area contributed by atoms with Gasteiger partial charge in [-0.25, -0.2) is 9.50 Å². The van der Waals surface area contributed by atoms with Gasteiger partial charge in [-0.05, 0) is 33.2 Å². The zero-order valence-electron chi connectivity index (χ0n) is 13.4. The molecule has 2 heterocycles. The molecule has 0 aliphatic carbocycles. The molecule has 0 spiro atoms. The van der Waals surface area contributed by atoms with Crippen molar-refractivity contribution in [1.29, 1.82) is 0 Å². The van der Waals surface area contributed by atoms with Crippen LogP contribution >= 0.6 is 11.3 Å². The van der Waals surface area contributed by atoms with E-state index in [1.54, 1.807) is 15.6 Å². The molecule has 0 N–H and O–H groups in total. The lowest BCUT2D eigenvalue weighted by Gasteiger charge is -2.23. The van der Waals surface area contributed by atoms with Gasteiger partial charge in [0.1, 0.15) is 10.7 Å². The number of carbonyl (C=O) groups excluding carboxylic acids is 1. The zero-order chi connectivity index (χ0) is 16.4. The minimum Gasteiger partial charge on any atom is -0.308 e. The summed E-state index contributed by atoms with van der Waals surface area (Å²) in [6.07, 6.45) is 1.70. The zero-order valence-corrected chi connectivity index (χ0v) is 14.2. The number of amides is 1. The van der Waals surface area contributed by atoms with Crippen LogP contribution in [-0.2, 0) is 0 Å². The number of para-hydroxylation sites is 1. The van der Waals surface area contributed by atoms with Crippen LogP contribution < -0.4 is 4.90 Å². The van der Waals surface area contributed by atoms with E-state index in [-0.39, 0.29) is 5.91 Å². The highest BCUT2D eigenvalue weighted by Gasteiger charge is 2.21. The number of hydrogen-bond acceptors (Lipinski definition) is 5. The first-order valence-corrected chi connectivity index (χ1v) is 8.20. The molecule has 7 heteroatoms. The van der Waals surface area contributed by atoms with Gasteiger partial charge in [0.2, 0.25) is 4.96 Å². The fourth-order valence-electron chi connectivity index (χ4n) is 2.30. The molecule has 2 aromatic heterocycles. The summed E-state index contributed by atoms with van der Waals surface area (Å²) in [4.78, 5) is 21.9. The molecule has 0 fully saturated rings. The van der Waals surface area contributed by atoms with Gasteiger partial charge in [0.15, 0.2) is 0 Å². The molecule has 1 amide bonds. The summed E-state index contributed by atoms with van der Waals surface area (Å²) in [5, 5.41) is 5.25. The normalized spacial score (nSPS) is 11.3. The molecule has 3 rings (SSSR count). The Labute approximate surface area is 139 Å². The lowest BCUT2D eigenvalue weighted by atomic mass is 10.2. The van der Waals surface area contributed by atoms with Gasteiger partial charge in [0, 0.05) is 18.8 Å². The number of rotatable bonds is 5. The van der Waals surface area contributed by atoms with Crippen molar-refractivity contribution in [2.75, 3.05) is 32.1 Å². The van der Waals surface area contributed by atoms with Crippen molar-refractivity contribution >= 4 is 27.9 Å². The van der Waals surface area contributed by atoms with Crippen LogP contribution in [0.4, 0.5) is 5.69 Å². The molecular formula is C16H19N5OS. The average Bonchev–Trinajstić information content (AvgIpc) is 3.05. The Bertz CT molecular complexity index is 777. The number of benzene rings is 1. The van der Waals surface area contributed by atoms with Crippen LogP contribution in [0.15, 0.2) is 36.5 Å². The molecule has 120 valence electrons. The monoisotopic (exact) mass is 329 g/mol. The molecule has 6 nitrogen and oxygen atoms in total. The molecule has 23 heavy (non-hydrogen) atoms. The van der Waals surface area contributed by atoms with E-state index in [1.807, 2.05) is 51.4 Å². The van der Waals surface area contributed by atoms with Crippen molar-refractivity contribution in [3.05, 3.63) is 47.2 Å². The Kier molecular flexibility index (Phi) is 4.40. The first kappa shape index (κ1) is 15.6. The van der Waals surface area contributed by atoms with Gasteiger partial charge in [-0.3, -0.25) is 4.79 Å². The summed E-state index contributed by atoms with van der Waals surface area (Å²) in [6, 6.07) is 9.68. The highest BCUT2D eigenvalue weighted by atomic mass is 32.1. The number of anilines is 1. The van der Waals surface area contributed by atoms with Crippen LogP contribution in [0.3, 0.4) is 0 Å². The van der Waals surface area contributed by atoms with E-state index in [0.29, 0.717) is 12.2 Å². The summed E-state index contributed by atoms with van der Waals surface area (Å²) < 4.78 is 1.67. The van der Waals surface area contributed by atoms with Gasteiger partial charge in [-0.2, -0.15) is 5.10 Å². The van der Waals surface area contributed by atoms with Crippen LogP contribution in [0.5, 0.6) is 0 Å². The Morgan fingerprint density at radius 1 is 1.22 bits per heavy atom. The second-order valence-corrected chi connectivity index (χ2v) is 6.73. The molecule has 0 unspecified atom stereocenters. The molecular weight excluding hydrogens is 310 g/mol. The fourth-order valence-corrected chi connectivity index (χ4v) is 3.02. The van der Waals surface area contributed by atoms with Crippen molar-refractivity contribution < 1.29 is 4.79 Å². The predicted octanol–water partition coefficient (Wildman–Crippen LogP) is 2.31. The number of aryl methyl sites for hydroxylation is 1. The molecule has 3 aromatic rings. The number of aromatic nitrogens is 3. The summed E-state index contributed by atoms with van der Waals surface area (Å²) in [5.41, 5.74) is 1.30. The van der Waals surface area contributed by atoms with Crippen molar-refractivity contribution in [3.63, 3.8) is 0 Å². The van der Waals surface area contributed by atoms with E-state index < -0.39 is 0 Å². The van der Waals surface area contributed by atoms with Crippen LogP contribution in [0, 0.1) is 6.92 Å². The van der Waals surface area contributed by atoms with Crippen molar-refractivity contribution in [3.8, 4) is 0 Å². The summed E-state index contributed by atoms with van der Waals surface area (Å²) in [6.45, 7) is 3.31. The standard InChI is InChI=1S/C16H19N5OS/c1-12-18-21-11-14(17-16(21)23-12)15(22)20(10-9-19(2)3)13-7-5-4-6-8-13/h4-8,11H,9-10H2,1-3H3. The molecule has 0 aliphatic rings. The smallest absolute Gasteiger partial charge is 0.278 e. The highest BCUT2D eigenvalue weighted by molar-refractivity contribution is 7.16. The third-order valence-electron chi connectivity index (χ3n) is 3.45. The number of nitrogens with zero attached hydrogens (tertiary/aromatic N) is 5. The summed E-state index contributed by atoms with van der Waals surface area (Å²) in [7, 11) is 3.99. The van der Waals surface area contributed by atoms with E-state index in [0.717, 1.165) is 22.2 Å². The lowest BCUT2D eigenvalue weighted by molar-refractivity contribution is 0.0981. The Hall–Kier alpha value is -2.25. The highest BCUT2D eigenvalue weighted by Crippen LogP contribution is 2.19. The van der Waals surface area contributed by atoms with E-state index in [1.165, 1.54) is 11.3 Å². The third-order valence-corrected chi connectivity index (χ3v) is 4.29. The number of imidazole rings is 1. The predicted molar refractivity (Wildman–Crippen MR) is 92.3 cm³/mol. The van der Waals surface area contributed by atoms with Crippen LogP contribution in [0.2, 0.25) is 0 Å². The minimum absolute atomic E-state index is 0.103. The second kappa shape index (κ2) is 6.47. The average molecular weight is 329 g/mol. The van der Waals surface area contributed by atoms with Crippen LogP contribution in [-0.4, -0.2) is 52.6 Å². The SMILES string of the molecule is Cc1nn2cc(C(=O)N(CCN(C)C)c3ccccc3)nc2s1. The van der Waals surface area contributed by atoms with Gasteiger partial charge >= 0.3 is 0 Å². The number of hydrogen-bond donors (Lipinski definition) is 0. The number of fused-ring (bicyclic) bond motifs is 1. The summed E-state index contributed by atoms with van der Waals surface area (Å²) in [5.74, 6) is -0.103. The van der Waals surface area contributed by atoms with Crippen molar-refractivity contribution in [2.45, 2.75) is 6.92 Å². The van der Waals surface area contributed by atoms with Gasteiger partial charge in [0.05, 0.1) is 6.20 Å². The maximum absolute atomic E-state index is 12.9. The molecule has 0 aliphatic heterocycles. The molecule has 0 bridgehead atoms. The topological polar surface area (TPSA) is 53.7 Å². The van der Waals surface area contributed by atoms with E-state index in [4.69, 9.17) is 0 Å². The van der Waals surface area contributed by atoms with Gasteiger partial charge < -0.3 is 9.80 Å². The number of likely N-dealkylation sites (N-methyl/N-ethyl adjacent to an activating group) is 1. The van der Waals surface area contributed by atoms with E-state index in [2.05, 4.69) is 15.0 Å². The van der Waals surface area contributed by atoms with E-state index >= 15 is 0 Å². The lowest BCUT2D eigenvalue weighted by Crippen LogP contribution is -2.37. The Balaban J connectivity index is 1.91. The van der Waals surface area contributed by atoms with Gasteiger partial charge in [-0.1, -0.05) is 29.5 Å². The number of carbonyl (C=O) groups is 1. The van der Waals surface area contributed by atoms with Crippen LogP contribution in [0.25, 0.3) is 4.96 Å². The van der Waals surface area contributed by atoms with Gasteiger partial charge in [0.25, 0.3) is 5.91 Å². The third kappa shape index (κ3) is 3.40. The maximum atomic E-state index is 12.9. The van der Waals surface area contributed by atoms with Crippen LogP contribution in [0.1, 0.15) is 15.5 Å². The summed E-state index contributed by atoms with van der Waals surface area (Å²) >= 11 is 1.48. The minimum atomic E-state index is -0.103. The quantitative estimate of drug-likeness (QED) is 0.721. The maximum Gasteiger partial charge on any atom is 0.278 e. The first-order chi connectivity index (χ1) is 11.0. The van der Waals surface area contributed by atoms with Crippen molar-refractivity contribution in [1.82, 2.24) is 19.5 Å². The molecule has 0 radical (unpaired) electrons. The molecule has 0 saturated carbocycles. The largest absolute Gasteiger partial charge is 0.308 e. The Morgan fingerprint density at radius 2 is 1.96 bits per heavy atom. The Morgan fingerprint density at radius 3 is 2.61 bits per heavy atom. The second-order valence-electron chi connectivity index (χ2n) is 5.57. The van der Waals surface area contributed by atoms with E-state index in [9.17, 15) is 4.79 Å². The first-order valence-electron chi connectivity index (χ1n) is 7.39. The molecule has 0 atom stereocenters. The molecule has 0 saturated heterocycles. The molecule has 1 aromatic carbocycles. The fraction of sp³-hybridized carbons (Fsp3) is 0.312. The van der Waals surface area contributed by atoms with Gasteiger partial charge in [-0.15, -0.1) is 0 Å².